The van der Waals surface area contributed by atoms with Crippen LogP contribution in [0.3, 0.4) is 0 Å². The number of ether oxygens (including phenoxy) is 3. The molecule has 2 rings (SSSR count). The summed E-state index contributed by atoms with van der Waals surface area (Å²) in [5.74, 6) is 0.202. The molecule has 0 aromatic carbocycles. The van der Waals surface area contributed by atoms with E-state index in [2.05, 4.69) is 4.98 Å². The van der Waals surface area contributed by atoms with Crippen molar-refractivity contribution in [2.24, 2.45) is 0 Å². The molecule has 3 atom stereocenters. The molecule has 0 radical (unpaired) electrons. The van der Waals surface area contributed by atoms with Gasteiger partial charge >= 0.3 is 5.69 Å². The first-order valence-corrected chi connectivity index (χ1v) is 6.65. The van der Waals surface area contributed by atoms with Crippen LogP contribution in [0.25, 0.3) is 0 Å². The lowest BCUT2D eigenvalue weighted by molar-refractivity contribution is -0.0814. The van der Waals surface area contributed by atoms with Crippen LogP contribution in [0.4, 0.5) is 5.82 Å². The summed E-state index contributed by atoms with van der Waals surface area (Å²) < 4.78 is 18.3. The Kier molecular flexibility index (Phi) is 4.74. The maximum atomic E-state index is 11.8. The van der Waals surface area contributed by atoms with Crippen LogP contribution in [0, 0.1) is 0 Å². The summed E-state index contributed by atoms with van der Waals surface area (Å²) in [5.41, 5.74) is 5.06. The first-order valence-electron chi connectivity index (χ1n) is 6.65. The second kappa shape index (κ2) is 6.34. The fourth-order valence-electron chi connectivity index (χ4n) is 2.32. The van der Waals surface area contributed by atoms with Crippen LogP contribution in [0.2, 0.25) is 0 Å². The number of methoxy groups -OCH3 is 1. The van der Waals surface area contributed by atoms with Crippen LogP contribution >= 0.6 is 0 Å². The van der Waals surface area contributed by atoms with E-state index < -0.39 is 11.9 Å². The van der Waals surface area contributed by atoms with Gasteiger partial charge in [-0.1, -0.05) is 0 Å². The second-order valence-corrected chi connectivity index (χ2v) is 5.09. The topological polar surface area (TPSA) is 88.6 Å². The minimum atomic E-state index is -0.420. The standard InChI is InChI=1S/C13H21N3O4/c1-8(2)19-9-6-12(20-10(9)7-18-3)16-5-4-11(14)15-13(16)17/h4-5,8-10,12H,6-7H2,1-3H3,(H2,14,15,17)/t9-,10+,12-/m0/s1. The molecular formula is C13H21N3O4. The molecule has 0 saturated carbocycles. The SMILES string of the molecule is COC[C@H]1O[C@H](n2ccc(N)nc2=O)C[C@@H]1OC(C)C. The molecule has 0 bridgehead atoms. The first-order chi connectivity index (χ1) is 9.51. The van der Waals surface area contributed by atoms with E-state index in [1.54, 1.807) is 19.4 Å². The Balaban J connectivity index is 2.16. The Hall–Kier alpha value is -1.44. The summed E-state index contributed by atoms with van der Waals surface area (Å²) in [5, 5.41) is 0. The minimum absolute atomic E-state index is 0.0861. The molecule has 1 aromatic rings. The van der Waals surface area contributed by atoms with Gasteiger partial charge in [0, 0.05) is 19.7 Å². The number of rotatable bonds is 5. The summed E-state index contributed by atoms with van der Waals surface area (Å²) in [6, 6.07) is 1.58. The molecule has 7 heteroatoms. The van der Waals surface area contributed by atoms with Crippen LogP contribution in [0.15, 0.2) is 17.1 Å². The number of nitrogens with zero attached hydrogens (tertiary/aromatic N) is 2. The zero-order valence-corrected chi connectivity index (χ0v) is 12.0. The van der Waals surface area contributed by atoms with Gasteiger partial charge in [0.1, 0.15) is 18.1 Å². The van der Waals surface area contributed by atoms with Gasteiger partial charge in [0.2, 0.25) is 0 Å². The average Bonchev–Trinajstić information content (AvgIpc) is 2.72. The maximum Gasteiger partial charge on any atom is 0.351 e. The Bertz CT molecular complexity index is 503. The summed E-state index contributed by atoms with van der Waals surface area (Å²) in [4.78, 5) is 15.5. The van der Waals surface area contributed by atoms with Gasteiger partial charge in [0.25, 0.3) is 0 Å². The molecule has 1 fully saturated rings. The Morgan fingerprint density at radius 1 is 1.60 bits per heavy atom. The third kappa shape index (κ3) is 3.36. The van der Waals surface area contributed by atoms with Crippen molar-refractivity contribution in [3.63, 3.8) is 0 Å². The number of nitrogens with two attached hydrogens (primary N) is 1. The first kappa shape index (κ1) is 15.0. The molecule has 1 saturated heterocycles. The van der Waals surface area contributed by atoms with E-state index in [1.165, 1.54) is 4.57 Å². The van der Waals surface area contributed by atoms with Crippen LogP contribution in [-0.2, 0) is 14.2 Å². The van der Waals surface area contributed by atoms with E-state index >= 15 is 0 Å². The molecule has 0 spiro atoms. The third-order valence-corrected chi connectivity index (χ3v) is 3.12. The van der Waals surface area contributed by atoms with Gasteiger partial charge in [-0.15, -0.1) is 0 Å². The van der Waals surface area contributed by atoms with Gasteiger partial charge in [-0.05, 0) is 19.9 Å². The van der Waals surface area contributed by atoms with E-state index in [1.807, 2.05) is 13.8 Å². The highest BCUT2D eigenvalue weighted by Gasteiger charge is 2.37. The molecule has 0 aliphatic carbocycles. The van der Waals surface area contributed by atoms with Gasteiger partial charge in [-0.2, -0.15) is 4.98 Å². The predicted molar refractivity (Wildman–Crippen MR) is 73.3 cm³/mol. The Labute approximate surface area is 117 Å². The van der Waals surface area contributed by atoms with Gasteiger partial charge in [0.15, 0.2) is 0 Å². The fraction of sp³-hybridized carbons (Fsp3) is 0.692. The molecule has 1 aliphatic rings. The normalized spacial score (nSPS) is 26.3. The van der Waals surface area contributed by atoms with Gasteiger partial charge < -0.3 is 19.9 Å². The quantitative estimate of drug-likeness (QED) is 0.849. The highest BCUT2D eigenvalue weighted by atomic mass is 16.6. The third-order valence-electron chi connectivity index (χ3n) is 3.12. The van der Waals surface area contributed by atoms with Crippen LogP contribution < -0.4 is 11.4 Å². The van der Waals surface area contributed by atoms with Crippen LogP contribution in [-0.4, -0.2) is 41.6 Å². The summed E-state index contributed by atoms with van der Waals surface area (Å²) >= 11 is 0. The molecule has 20 heavy (non-hydrogen) atoms. The van der Waals surface area contributed by atoms with E-state index in [-0.39, 0.29) is 24.1 Å². The molecule has 1 aromatic heterocycles. The number of anilines is 1. The van der Waals surface area contributed by atoms with Crippen molar-refractivity contribution in [1.82, 2.24) is 9.55 Å². The lowest BCUT2D eigenvalue weighted by atomic mass is 10.2. The molecule has 0 unspecified atom stereocenters. The van der Waals surface area contributed by atoms with Gasteiger partial charge in [-0.3, -0.25) is 4.57 Å². The predicted octanol–water partition coefficient (Wildman–Crippen LogP) is 0.553. The van der Waals surface area contributed by atoms with Crippen molar-refractivity contribution in [3.05, 3.63) is 22.7 Å². The monoisotopic (exact) mass is 283 g/mol. The van der Waals surface area contributed by atoms with E-state index in [0.29, 0.717) is 13.0 Å². The highest BCUT2D eigenvalue weighted by Crippen LogP contribution is 2.30. The molecule has 2 N–H and O–H groups in total. The molecule has 1 aliphatic heterocycles. The number of hydrogen-bond acceptors (Lipinski definition) is 6. The van der Waals surface area contributed by atoms with Crippen molar-refractivity contribution in [2.45, 2.75) is 44.8 Å². The number of aromatic nitrogens is 2. The van der Waals surface area contributed by atoms with Gasteiger partial charge in [0.05, 0.1) is 18.8 Å². The van der Waals surface area contributed by atoms with E-state index in [9.17, 15) is 4.79 Å². The Morgan fingerprint density at radius 3 is 2.95 bits per heavy atom. The minimum Gasteiger partial charge on any atom is -0.383 e. The highest BCUT2D eigenvalue weighted by molar-refractivity contribution is 5.23. The number of hydrogen-bond donors (Lipinski definition) is 1. The largest absolute Gasteiger partial charge is 0.383 e. The lowest BCUT2D eigenvalue weighted by Crippen LogP contribution is -2.30. The molecule has 7 nitrogen and oxygen atoms in total. The molecular weight excluding hydrogens is 262 g/mol. The zero-order chi connectivity index (χ0) is 14.7. The van der Waals surface area contributed by atoms with Crippen molar-refractivity contribution in [3.8, 4) is 0 Å². The average molecular weight is 283 g/mol. The van der Waals surface area contributed by atoms with Crippen molar-refractivity contribution >= 4 is 5.82 Å². The molecule has 2 heterocycles. The summed E-state index contributed by atoms with van der Waals surface area (Å²) in [7, 11) is 1.61. The number of nitrogen functional groups attached to an aromatic ring is 1. The lowest BCUT2D eigenvalue weighted by Gasteiger charge is -2.20. The molecule has 0 amide bonds. The van der Waals surface area contributed by atoms with E-state index in [0.717, 1.165) is 0 Å². The Morgan fingerprint density at radius 2 is 2.35 bits per heavy atom. The van der Waals surface area contributed by atoms with Crippen molar-refractivity contribution in [2.75, 3.05) is 19.5 Å². The smallest absolute Gasteiger partial charge is 0.351 e. The van der Waals surface area contributed by atoms with Crippen LogP contribution in [0.1, 0.15) is 26.5 Å². The molecule has 112 valence electrons. The van der Waals surface area contributed by atoms with Crippen molar-refractivity contribution in [1.29, 1.82) is 0 Å². The van der Waals surface area contributed by atoms with E-state index in [4.69, 9.17) is 19.9 Å². The van der Waals surface area contributed by atoms with Crippen molar-refractivity contribution < 1.29 is 14.2 Å². The fourth-order valence-corrected chi connectivity index (χ4v) is 2.32. The summed E-state index contributed by atoms with van der Waals surface area (Å²) in [6.45, 7) is 4.35. The summed E-state index contributed by atoms with van der Waals surface area (Å²) in [6.07, 6.45) is 1.55. The van der Waals surface area contributed by atoms with Crippen LogP contribution in [0.5, 0.6) is 0 Å². The second-order valence-electron chi connectivity index (χ2n) is 5.09. The zero-order valence-electron chi connectivity index (χ0n) is 12.0. The van der Waals surface area contributed by atoms with Gasteiger partial charge in [-0.25, -0.2) is 4.79 Å². The maximum absolute atomic E-state index is 11.8.